The zero-order valence-corrected chi connectivity index (χ0v) is 5.47. The molecule has 11 heavy (non-hydrogen) atoms. The summed E-state index contributed by atoms with van der Waals surface area (Å²) < 4.78 is 25.0. The van der Waals surface area contributed by atoms with Gasteiger partial charge in [0.1, 0.15) is 11.6 Å². The zero-order chi connectivity index (χ0) is 8.43. The van der Waals surface area contributed by atoms with Gasteiger partial charge in [-0.3, -0.25) is 4.79 Å². The predicted octanol–water partition coefficient (Wildman–Crippen LogP) is 1.36. The molecule has 0 aliphatic carbocycles. The number of carbonyl (C=O) groups excluding carboxylic acids is 1. The number of hydrogen-bond donors (Lipinski definition) is 1. The molecule has 0 aliphatic heterocycles. The molecule has 0 bridgehead atoms. The van der Waals surface area contributed by atoms with E-state index < -0.39 is 22.9 Å². The maximum Gasteiger partial charge on any atom is 0.155 e. The number of hydrogen-bond acceptors (Lipinski definition) is 2. The molecule has 0 heterocycles. The second kappa shape index (κ2) is 2.65. The van der Waals surface area contributed by atoms with Crippen molar-refractivity contribution >= 4 is 12.0 Å². The lowest BCUT2D eigenvalue weighted by molar-refractivity contribution is 0.112. The first-order chi connectivity index (χ1) is 5.16. The molecule has 1 aromatic carbocycles. The van der Waals surface area contributed by atoms with Crippen molar-refractivity contribution in [2.45, 2.75) is 0 Å². The Labute approximate surface area is 61.6 Å². The molecule has 0 saturated carbocycles. The highest BCUT2D eigenvalue weighted by Crippen LogP contribution is 2.16. The smallest absolute Gasteiger partial charge is 0.155 e. The molecule has 58 valence electrons. The molecular weight excluding hydrogens is 152 g/mol. The van der Waals surface area contributed by atoms with Gasteiger partial charge in [0.25, 0.3) is 0 Å². The molecule has 4 heteroatoms. The summed E-state index contributed by atoms with van der Waals surface area (Å²) in [5, 5.41) is 0. The maximum absolute atomic E-state index is 12.6. The van der Waals surface area contributed by atoms with Gasteiger partial charge in [-0.25, -0.2) is 8.78 Å². The van der Waals surface area contributed by atoms with Gasteiger partial charge >= 0.3 is 0 Å². The highest BCUT2D eigenvalue weighted by molar-refractivity contribution is 5.83. The van der Waals surface area contributed by atoms with Crippen LogP contribution in [0.3, 0.4) is 0 Å². The number of halogens is 2. The minimum Gasteiger partial charge on any atom is -0.396 e. The third-order valence-electron chi connectivity index (χ3n) is 1.30. The van der Waals surface area contributed by atoms with Gasteiger partial charge < -0.3 is 5.73 Å². The van der Waals surface area contributed by atoms with E-state index >= 15 is 0 Å². The highest BCUT2D eigenvalue weighted by Gasteiger charge is 2.08. The second-order valence-corrected chi connectivity index (χ2v) is 1.97. The summed E-state index contributed by atoms with van der Waals surface area (Å²) in [5.74, 6) is -1.59. The third-order valence-corrected chi connectivity index (χ3v) is 1.30. The van der Waals surface area contributed by atoms with E-state index in [0.717, 1.165) is 12.1 Å². The van der Waals surface area contributed by atoms with Crippen LogP contribution in [-0.2, 0) is 0 Å². The molecule has 0 atom stereocenters. The van der Waals surface area contributed by atoms with Gasteiger partial charge in [-0.05, 0) is 12.1 Å². The Morgan fingerprint density at radius 1 is 1.27 bits per heavy atom. The van der Waals surface area contributed by atoms with Crippen LogP contribution >= 0.6 is 0 Å². The number of carbonyl (C=O) groups is 1. The highest BCUT2D eigenvalue weighted by atomic mass is 19.1. The monoisotopic (exact) mass is 157 g/mol. The standard InChI is InChI=1S/C7H5F2NO/c8-5-1-2-6(9)7(10)4(5)3-11/h1-3H,10H2. The number of aldehydes is 1. The van der Waals surface area contributed by atoms with Gasteiger partial charge in [0.05, 0.1) is 11.3 Å². The SMILES string of the molecule is Nc1c(F)ccc(F)c1C=O. The number of nitrogen functional groups attached to an aromatic ring is 1. The average molecular weight is 157 g/mol. The summed E-state index contributed by atoms with van der Waals surface area (Å²) in [7, 11) is 0. The van der Waals surface area contributed by atoms with Crippen molar-refractivity contribution in [2.75, 3.05) is 5.73 Å². The lowest BCUT2D eigenvalue weighted by Crippen LogP contribution is -1.99. The van der Waals surface area contributed by atoms with Gasteiger partial charge in [-0.15, -0.1) is 0 Å². The molecule has 0 spiro atoms. The average Bonchev–Trinajstić information content (AvgIpc) is 1.99. The number of rotatable bonds is 1. The Morgan fingerprint density at radius 2 is 1.82 bits per heavy atom. The lowest BCUT2D eigenvalue weighted by Gasteiger charge is -1.99. The molecule has 0 aromatic heterocycles. The molecule has 0 unspecified atom stereocenters. The second-order valence-electron chi connectivity index (χ2n) is 1.97. The molecule has 0 saturated heterocycles. The third kappa shape index (κ3) is 1.19. The molecule has 1 rings (SSSR count). The Morgan fingerprint density at radius 3 is 2.27 bits per heavy atom. The predicted molar refractivity (Wildman–Crippen MR) is 36.2 cm³/mol. The van der Waals surface area contributed by atoms with Crippen LogP contribution in [0.5, 0.6) is 0 Å². The van der Waals surface area contributed by atoms with E-state index in [4.69, 9.17) is 5.73 Å². The van der Waals surface area contributed by atoms with Gasteiger partial charge in [0.15, 0.2) is 6.29 Å². The van der Waals surface area contributed by atoms with Gasteiger partial charge in [0, 0.05) is 0 Å². The van der Waals surface area contributed by atoms with Crippen LogP contribution in [-0.4, -0.2) is 6.29 Å². The molecule has 2 N–H and O–H groups in total. The molecule has 0 radical (unpaired) electrons. The van der Waals surface area contributed by atoms with Crippen LogP contribution in [0.15, 0.2) is 12.1 Å². The van der Waals surface area contributed by atoms with E-state index in [1.165, 1.54) is 0 Å². The minimum atomic E-state index is -0.807. The van der Waals surface area contributed by atoms with Gasteiger partial charge in [-0.2, -0.15) is 0 Å². The van der Waals surface area contributed by atoms with Crippen LogP contribution in [0, 0.1) is 11.6 Å². The first kappa shape index (κ1) is 7.65. The maximum atomic E-state index is 12.6. The van der Waals surface area contributed by atoms with Crippen LogP contribution in [0.4, 0.5) is 14.5 Å². The van der Waals surface area contributed by atoms with Crippen LogP contribution in [0.2, 0.25) is 0 Å². The Bertz CT molecular complexity index is 299. The molecule has 1 aromatic rings. The summed E-state index contributed by atoms with van der Waals surface area (Å²) in [6.07, 6.45) is 0.188. The molecule has 2 nitrogen and oxygen atoms in total. The van der Waals surface area contributed by atoms with Crippen molar-refractivity contribution in [3.05, 3.63) is 29.3 Å². The molecule has 0 amide bonds. The number of benzene rings is 1. The summed E-state index contributed by atoms with van der Waals surface area (Å²) in [5.41, 5.74) is 4.18. The van der Waals surface area contributed by atoms with Crippen LogP contribution in [0.1, 0.15) is 10.4 Å². The van der Waals surface area contributed by atoms with E-state index in [0.29, 0.717) is 0 Å². The van der Waals surface area contributed by atoms with E-state index in [9.17, 15) is 13.6 Å². The van der Waals surface area contributed by atoms with E-state index in [1.54, 1.807) is 0 Å². The molecule has 0 aliphatic rings. The first-order valence-electron chi connectivity index (χ1n) is 2.85. The largest absolute Gasteiger partial charge is 0.396 e. The van der Waals surface area contributed by atoms with Gasteiger partial charge in [0.2, 0.25) is 0 Å². The van der Waals surface area contributed by atoms with Crippen LogP contribution in [0.25, 0.3) is 0 Å². The fraction of sp³-hybridized carbons (Fsp3) is 0. The fourth-order valence-electron chi connectivity index (χ4n) is 0.703. The lowest BCUT2D eigenvalue weighted by atomic mass is 10.2. The molecular formula is C7H5F2NO. The Balaban J connectivity index is 3.40. The summed E-state index contributed by atoms with van der Waals surface area (Å²) in [4.78, 5) is 10.1. The Kier molecular flexibility index (Phi) is 1.85. The number of nitrogens with two attached hydrogens (primary N) is 1. The molecule has 0 fully saturated rings. The summed E-state index contributed by atoms with van der Waals surface area (Å²) in [6, 6.07) is 1.73. The van der Waals surface area contributed by atoms with Crippen molar-refractivity contribution in [3.8, 4) is 0 Å². The van der Waals surface area contributed by atoms with Crippen molar-refractivity contribution in [2.24, 2.45) is 0 Å². The zero-order valence-electron chi connectivity index (χ0n) is 5.47. The quantitative estimate of drug-likeness (QED) is 0.494. The topological polar surface area (TPSA) is 43.1 Å². The summed E-state index contributed by atoms with van der Waals surface area (Å²) in [6.45, 7) is 0. The van der Waals surface area contributed by atoms with E-state index in [2.05, 4.69) is 0 Å². The van der Waals surface area contributed by atoms with E-state index in [-0.39, 0.29) is 6.29 Å². The fourth-order valence-corrected chi connectivity index (χ4v) is 0.703. The van der Waals surface area contributed by atoms with E-state index in [1.807, 2.05) is 0 Å². The van der Waals surface area contributed by atoms with Gasteiger partial charge in [-0.1, -0.05) is 0 Å². The number of anilines is 1. The normalized spacial score (nSPS) is 9.64. The summed E-state index contributed by atoms with van der Waals surface area (Å²) >= 11 is 0. The van der Waals surface area contributed by atoms with Crippen molar-refractivity contribution in [1.82, 2.24) is 0 Å². The van der Waals surface area contributed by atoms with Crippen molar-refractivity contribution < 1.29 is 13.6 Å². The van der Waals surface area contributed by atoms with Crippen molar-refractivity contribution in [3.63, 3.8) is 0 Å². The van der Waals surface area contributed by atoms with Crippen molar-refractivity contribution in [1.29, 1.82) is 0 Å². The minimum absolute atomic E-state index is 0.188. The van der Waals surface area contributed by atoms with Crippen LogP contribution < -0.4 is 5.73 Å². The first-order valence-corrected chi connectivity index (χ1v) is 2.85. The Hall–Kier alpha value is -1.45.